The lowest BCUT2D eigenvalue weighted by Crippen LogP contribution is -2.28. The van der Waals surface area contributed by atoms with Crippen LogP contribution in [0.3, 0.4) is 0 Å². The zero-order valence-corrected chi connectivity index (χ0v) is 11.7. The summed E-state index contributed by atoms with van der Waals surface area (Å²) in [5, 5.41) is 5.30. The van der Waals surface area contributed by atoms with Gasteiger partial charge in [-0.15, -0.1) is 0 Å². The van der Waals surface area contributed by atoms with Crippen molar-refractivity contribution in [2.45, 2.75) is 6.92 Å². The molecule has 4 heteroatoms. The van der Waals surface area contributed by atoms with Gasteiger partial charge in [0, 0.05) is 12.6 Å². The second kappa shape index (κ2) is 7.05. The van der Waals surface area contributed by atoms with E-state index in [-0.39, 0.29) is 17.5 Å². The molecule has 0 spiro atoms. The second-order valence-electron chi connectivity index (χ2n) is 4.47. The molecule has 2 aromatic rings. The lowest BCUT2D eigenvalue weighted by Gasteiger charge is -2.09. The molecule has 2 aromatic carbocycles. The van der Waals surface area contributed by atoms with Crippen LogP contribution in [-0.2, 0) is 9.59 Å². The lowest BCUT2D eigenvalue weighted by atomic mass is 10.2. The van der Waals surface area contributed by atoms with E-state index in [1.807, 2.05) is 48.5 Å². The van der Waals surface area contributed by atoms with E-state index < -0.39 is 0 Å². The summed E-state index contributed by atoms with van der Waals surface area (Å²) in [6.07, 6.45) is 1.64. The van der Waals surface area contributed by atoms with Gasteiger partial charge in [-0.1, -0.05) is 48.5 Å². The van der Waals surface area contributed by atoms with Crippen LogP contribution in [-0.4, -0.2) is 11.8 Å². The Kier molecular flexibility index (Phi) is 4.88. The molecular weight excluding hydrogens is 264 g/mol. The zero-order chi connectivity index (χ0) is 15.1. The van der Waals surface area contributed by atoms with Crippen molar-refractivity contribution in [1.82, 2.24) is 5.32 Å². The Morgan fingerprint density at radius 3 is 2.05 bits per heavy atom. The maximum Gasteiger partial charge on any atom is 0.272 e. The number of hydrogen-bond acceptors (Lipinski definition) is 2. The summed E-state index contributed by atoms with van der Waals surface area (Å²) in [7, 11) is 0. The number of benzene rings is 2. The second-order valence-corrected chi connectivity index (χ2v) is 4.47. The molecule has 4 nitrogen and oxygen atoms in total. The molecule has 2 rings (SSSR count). The Hall–Kier alpha value is -2.88. The van der Waals surface area contributed by atoms with Crippen molar-refractivity contribution < 1.29 is 9.59 Å². The van der Waals surface area contributed by atoms with Crippen molar-refractivity contribution >= 4 is 23.6 Å². The molecule has 106 valence electrons. The van der Waals surface area contributed by atoms with E-state index >= 15 is 0 Å². The monoisotopic (exact) mass is 280 g/mol. The molecule has 2 amide bonds. The molecular formula is C17H16N2O2. The molecule has 21 heavy (non-hydrogen) atoms. The molecule has 0 atom stereocenters. The van der Waals surface area contributed by atoms with Crippen LogP contribution in [0.4, 0.5) is 5.69 Å². The van der Waals surface area contributed by atoms with Crippen LogP contribution in [0.1, 0.15) is 12.5 Å². The van der Waals surface area contributed by atoms with Crippen molar-refractivity contribution in [3.63, 3.8) is 0 Å². The number of anilines is 1. The van der Waals surface area contributed by atoms with Gasteiger partial charge in [0.2, 0.25) is 5.91 Å². The largest absolute Gasteiger partial charge is 0.322 e. The minimum Gasteiger partial charge on any atom is -0.322 e. The molecule has 2 N–H and O–H groups in total. The molecule has 0 saturated carbocycles. The normalized spacial score (nSPS) is 10.8. The summed E-state index contributed by atoms with van der Waals surface area (Å²) in [6.45, 7) is 1.37. The molecule has 0 radical (unpaired) electrons. The summed E-state index contributed by atoms with van der Waals surface area (Å²) in [5.41, 5.74) is 1.72. The molecule has 0 saturated heterocycles. The van der Waals surface area contributed by atoms with E-state index in [1.165, 1.54) is 6.92 Å². The third kappa shape index (κ3) is 4.62. The Balaban J connectivity index is 2.21. The average Bonchev–Trinajstić information content (AvgIpc) is 2.48. The van der Waals surface area contributed by atoms with E-state index in [2.05, 4.69) is 10.6 Å². The predicted molar refractivity (Wildman–Crippen MR) is 83.3 cm³/mol. The molecule has 0 aliphatic carbocycles. The number of rotatable bonds is 4. The number of amides is 2. The molecule has 0 aliphatic rings. The van der Waals surface area contributed by atoms with Crippen LogP contribution in [0.25, 0.3) is 6.08 Å². The molecule has 0 bridgehead atoms. The molecule has 0 fully saturated rings. The summed E-state index contributed by atoms with van der Waals surface area (Å²) < 4.78 is 0. The Bertz CT molecular complexity index is 649. The van der Waals surface area contributed by atoms with Crippen LogP contribution in [0.5, 0.6) is 0 Å². The topological polar surface area (TPSA) is 58.2 Å². The number of hydrogen-bond donors (Lipinski definition) is 2. The predicted octanol–water partition coefficient (Wildman–Crippen LogP) is 2.80. The molecule has 0 heterocycles. The fourth-order valence-electron chi connectivity index (χ4n) is 1.78. The van der Waals surface area contributed by atoms with Gasteiger partial charge >= 0.3 is 0 Å². The van der Waals surface area contributed by atoms with Gasteiger partial charge in [0.15, 0.2) is 0 Å². The molecule has 0 unspecified atom stereocenters. The highest BCUT2D eigenvalue weighted by Crippen LogP contribution is 2.09. The standard InChI is InChI=1S/C17H16N2O2/c1-13(20)18-16(12-14-8-4-2-5-9-14)17(21)19-15-10-6-3-7-11-15/h2-12H,1H3,(H,18,20)(H,19,21). The van der Waals surface area contributed by atoms with Crippen molar-refractivity contribution in [1.29, 1.82) is 0 Å². The number of carbonyl (C=O) groups excluding carboxylic acids is 2. The van der Waals surface area contributed by atoms with E-state index in [1.54, 1.807) is 18.2 Å². The first-order valence-electron chi connectivity index (χ1n) is 6.56. The van der Waals surface area contributed by atoms with E-state index in [4.69, 9.17) is 0 Å². The van der Waals surface area contributed by atoms with Crippen molar-refractivity contribution in [3.05, 3.63) is 71.9 Å². The summed E-state index contributed by atoms with van der Waals surface area (Å²) in [5.74, 6) is -0.652. The number of nitrogens with one attached hydrogen (secondary N) is 2. The van der Waals surface area contributed by atoms with E-state index in [0.29, 0.717) is 5.69 Å². The fourth-order valence-corrected chi connectivity index (χ4v) is 1.78. The Morgan fingerprint density at radius 1 is 0.905 bits per heavy atom. The maximum absolute atomic E-state index is 12.3. The SMILES string of the molecule is CC(=O)NC(=Cc1ccccc1)C(=O)Nc1ccccc1. The van der Waals surface area contributed by atoms with Crippen LogP contribution in [0.2, 0.25) is 0 Å². The van der Waals surface area contributed by atoms with Gasteiger partial charge < -0.3 is 10.6 Å². The van der Waals surface area contributed by atoms with Crippen LogP contribution in [0.15, 0.2) is 66.4 Å². The minimum atomic E-state index is -0.361. The third-order valence-corrected chi connectivity index (χ3v) is 2.70. The summed E-state index contributed by atoms with van der Waals surface area (Å²) in [4.78, 5) is 23.5. The van der Waals surface area contributed by atoms with E-state index in [0.717, 1.165) is 5.56 Å². The minimum absolute atomic E-state index is 0.206. The Labute approximate surface area is 123 Å². The van der Waals surface area contributed by atoms with Gasteiger partial charge in [-0.05, 0) is 23.8 Å². The zero-order valence-electron chi connectivity index (χ0n) is 11.7. The first kappa shape index (κ1) is 14.5. The Morgan fingerprint density at radius 2 is 1.48 bits per heavy atom. The summed E-state index contributed by atoms with van der Waals surface area (Å²) in [6, 6.07) is 18.4. The van der Waals surface area contributed by atoms with Crippen molar-refractivity contribution in [2.75, 3.05) is 5.32 Å². The first-order valence-corrected chi connectivity index (χ1v) is 6.56. The average molecular weight is 280 g/mol. The third-order valence-electron chi connectivity index (χ3n) is 2.70. The highest BCUT2D eigenvalue weighted by Gasteiger charge is 2.11. The van der Waals surface area contributed by atoms with E-state index in [9.17, 15) is 9.59 Å². The van der Waals surface area contributed by atoms with Crippen LogP contribution < -0.4 is 10.6 Å². The fraction of sp³-hybridized carbons (Fsp3) is 0.0588. The van der Waals surface area contributed by atoms with Gasteiger partial charge in [0.25, 0.3) is 5.91 Å². The van der Waals surface area contributed by atoms with Gasteiger partial charge in [-0.25, -0.2) is 0 Å². The molecule has 0 aliphatic heterocycles. The number of para-hydroxylation sites is 1. The van der Waals surface area contributed by atoms with Gasteiger partial charge in [0.05, 0.1) is 0 Å². The van der Waals surface area contributed by atoms with Gasteiger partial charge in [0.1, 0.15) is 5.70 Å². The highest BCUT2D eigenvalue weighted by atomic mass is 16.2. The van der Waals surface area contributed by atoms with Crippen LogP contribution >= 0.6 is 0 Å². The lowest BCUT2D eigenvalue weighted by molar-refractivity contribution is -0.120. The smallest absolute Gasteiger partial charge is 0.272 e. The maximum atomic E-state index is 12.3. The molecule has 0 aromatic heterocycles. The number of carbonyl (C=O) groups is 2. The summed E-state index contributed by atoms with van der Waals surface area (Å²) >= 11 is 0. The highest BCUT2D eigenvalue weighted by molar-refractivity contribution is 6.08. The van der Waals surface area contributed by atoms with Gasteiger partial charge in [-0.2, -0.15) is 0 Å². The van der Waals surface area contributed by atoms with Gasteiger partial charge in [-0.3, -0.25) is 9.59 Å². The quantitative estimate of drug-likeness (QED) is 0.846. The van der Waals surface area contributed by atoms with Crippen molar-refractivity contribution in [3.8, 4) is 0 Å². The van der Waals surface area contributed by atoms with Crippen molar-refractivity contribution in [2.24, 2.45) is 0 Å². The first-order chi connectivity index (χ1) is 10.1. The van der Waals surface area contributed by atoms with Crippen LogP contribution in [0, 0.1) is 0 Å².